The van der Waals surface area contributed by atoms with Gasteiger partial charge in [-0.15, -0.1) is 0 Å². The molecule has 0 aromatic heterocycles. The first-order valence-corrected chi connectivity index (χ1v) is 8.65. The molecule has 2 aromatic carbocycles. The van der Waals surface area contributed by atoms with Crippen molar-refractivity contribution in [1.82, 2.24) is 4.90 Å². The van der Waals surface area contributed by atoms with Gasteiger partial charge in [0.05, 0.1) is 12.6 Å². The molecule has 0 bridgehead atoms. The van der Waals surface area contributed by atoms with Crippen LogP contribution in [-0.4, -0.2) is 42.3 Å². The number of aliphatic hydroxyl groups is 1. The zero-order valence-electron chi connectivity index (χ0n) is 14.8. The van der Waals surface area contributed by atoms with Gasteiger partial charge in [-0.3, -0.25) is 0 Å². The molecule has 1 heterocycles. The van der Waals surface area contributed by atoms with E-state index in [-0.39, 0.29) is 18.7 Å². The number of aliphatic hydroxyl groups excluding tert-OH is 1. The molecule has 5 nitrogen and oxygen atoms in total. The van der Waals surface area contributed by atoms with Gasteiger partial charge in [-0.1, -0.05) is 36.4 Å². The predicted octanol–water partition coefficient (Wildman–Crippen LogP) is 3.09. The second kappa shape index (κ2) is 7.57. The summed E-state index contributed by atoms with van der Waals surface area (Å²) in [6, 6.07) is 15.9. The molecule has 0 radical (unpaired) electrons. The summed E-state index contributed by atoms with van der Waals surface area (Å²) in [6.45, 7) is 3.50. The third-order valence-corrected chi connectivity index (χ3v) is 4.85. The van der Waals surface area contributed by atoms with Crippen LogP contribution in [-0.2, 0) is 13.0 Å². The average molecular weight is 339 g/mol. The molecule has 2 amide bonds. The smallest absolute Gasteiger partial charge is 0.321 e. The molecule has 2 N–H and O–H groups in total. The molecule has 25 heavy (non-hydrogen) atoms. The normalized spacial score (nSPS) is 14.1. The Morgan fingerprint density at radius 2 is 1.96 bits per heavy atom. The van der Waals surface area contributed by atoms with Crippen LogP contribution in [0, 0.1) is 0 Å². The second-order valence-corrected chi connectivity index (χ2v) is 6.53. The Labute approximate surface area is 148 Å². The summed E-state index contributed by atoms with van der Waals surface area (Å²) in [7, 11) is 1.69. The maximum atomic E-state index is 12.4. The molecule has 3 rings (SSSR count). The molecule has 0 fully saturated rings. The van der Waals surface area contributed by atoms with Gasteiger partial charge >= 0.3 is 6.03 Å². The van der Waals surface area contributed by atoms with Crippen LogP contribution < -0.4 is 10.2 Å². The summed E-state index contributed by atoms with van der Waals surface area (Å²) in [5.41, 5.74) is 4.54. The predicted molar refractivity (Wildman–Crippen MR) is 101 cm³/mol. The van der Waals surface area contributed by atoms with Crippen molar-refractivity contribution in [3.8, 4) is 0 Å². The zero-order chi connectivity index (χ0) is 17.8. The Kier molecular flexibility index (Phi) is 5.24. The molecule has 0 aliphatic carbocycles. The minimum Gasteiger partial charge on any atom is -0.394 e. The van der Waals surface area contributed by atoms with Crippen molar-refractivity contribution >= 4 is 17.4 Å². The molecule has 1 unspecified atom stereocenters. The average Bonchev–Trinajstić information content (AvgIpc) is 3.05. The fraction of sp³-hybridized carbons (Fsp3) is 0.350. The first-order chi connectivity index (χ1) is 12.1. The molecule has 2 aromatic rings. The molecular weight excluding hydrogens is 314 g/mol. The second-order valence-electron chi connectivity index (χ2n) is 6.53. The Balaban J connectivity index is 1.75. The highest BCUT2D eigenvalue weighted by molar-refractivity contribution is 5.90. The van der Waals surface area contributed by atoms with Gasteiger partial charge in [0, 0.05) is 31.5 Å². The summed E-state index contributed by atoms with van der Waals surface area (Å²) < 4.78 is 0. The lowest BCUT2D eigenvalue weighted by molar-refractivity contribution is 0.166. The fourth-order valence-corrected chi connectivity index (χ4v) is 3.08. The van der Waals surface area contributed by atoms with Gasteiger partial charge in [0.2, 0.25) is 0 Å². The number of urea groups is 1. The summed E-state index contributed by atoms with van der Waals surface area (Å²) >= 11 is 0. The van der Waals surface area contributed by atoms with Crippen molar-refractivity contribution in [3.05, 3.63) is 59.7 Å². The van der Waals surface area contributed by atoms with Gasteiger partial charge in [-0.2, -0.15) is 0 Å². The van der Waals surface area contributed by atoms with Crippen LogP contribution >= 0.6 is 0 Å². The number of hydrogen-bond acceptors (Lipinski definition) is 3. The van der Waals surface area contributed by atoms with Crippen LogP contribution in [0.1, 0.15) is 18.1 Å². The van der Waals surface area contributed by atoms with Crippen LogP contribution in [0.5, 0.6) is 0 Å². The van der Waals surface area contributed by atoms with Gasteiger partial charge in [0.25, 0.3) is 0 Å². The topological polar surface area (TPSA) is 55.8 Å². The fourth-order valence-electron chi connectivity index (χ4n) is 3.08. The first-order valence-electron chi connectivity index (χ1n) is 8.65. The Bertz CT molecular complexity index is 747. The molecular formula is C20H25N3O2. The highest BCUT2D eigenvalue weighted by Gasteiger charge is 2.20. The van der Waals surface area contributed by atoms with Gasteiger partial charge in [-0.25, -0.2) is 4.79 Å². The highest BCUT2D eigenvalue weighted by Crippen LogP contribution is 2.30. The lowest BCUT2D eigenvalue weighted by Crippen LogP contribution is -2.40. The summed E-state index contributed by atoms with van der Waals surface area (Å²) in [6.07, 6.45) is 1.06. The zero-order valence-corrected chi connectivity index (χ0v) is 14.8. The van der Waals surface area contributed by atoms with Crippen LogP contribution in [0.4, 0.5) is 16.2 Å². The monoisotopic (exact) mass is 339 g/mol. The quantitative estimate of drug-likeness (QED) is 0.880. The number of carbonyl (C=O) groups is 1. The van der Waals surface area contributed by atoms with Crippen LogP contribution in [0.15, 0.2) is 48.5 Å². The molecule has 0 saturated carbocycles. The molecule has 1 aliphatic heterocycles. The van der Waals surface area contributed by atoms with Crippen molar-refractivity contribution in [2.75, 3.05) is 30.4 Å². The van der Waals surface area contributed by atoms with E-state index in [1.807, 2.05) is 31.2 Å². The SMILES string of the molecule is CC(CO)N(C)C(=O)Nc1ccccc1CN1CCc2ccccc21. The lowest BCUT2D eigenvalue weighted by atomic mass is 10.1. The molecule has 1 aliphatic rings. The molecule has 132 valence electrons. The Hall–Kier alpha value is -2.53. The van der Waals surface area contributed by atoms with E-state index in [9.17, 15) is 9.90 Å². The number of likely N-dealkylation sites (N-methyl/N-ethyl adjacent to an activating group) is 1. The number of rotatable bonds is 5. The Morgan fingerprint density at radius 3 is 2.76 bits per heavy atom. The van der Waals surface area contributed by atoms with Crippen LogP contribution in [0.2, 0.25) is 0 Å². The summed E-state index contributed by atoms with van der Waals surface area (Å²) in [5, 5.41) is 12.2. The molecule has 1 atom stereocenters. The number of fused-ring (bicyclic) bond motifs is 1. The van der Waals surface area contributed by atoms with Crippen LogP contribution in [0.3, 0.4) is 0 Å². The van der Waals surface area contributed by atoms with Crippen LogP contribution in [0.25, 0.3) is 0 Å². The number of anilines is 2. The van der Waals surface area contributed by atoms with E-state index in [0.29, 0.717) is 0 Å². The van der Waals surface area contributed by atoms with Crippen molar-refractivity contribution in [1.29, 1.82) is 0 Å². The highest BCUT2D eigenvalue weighted by atomic mass is 16.3. The van der Waals surface area contributed by atoms with Gasteiger partial charge in [0.1, 0.15) is 0 Å². The molecule has 0 spiro atoms. The van der Waals surface area contributed by atoms with Crippen molar-refractivity contribution < 1.29 is 9.90 Å². The van der Waals surface area contributed by atoms with E-state index in [1.54, 1.807) is 7.05 Å². The van der Waals surface area contributed by atoms with E-state index in [4.69, 9.17) is 0 Å². The number of benzene rings is 2. The van der Waals surface area contributed by atoms with E-state index >= 15 is 0 Å². The third kappa shape index (κ3) is 3.77. The largest absolute Gasteiger partial charge is 0.394 e. The third-order valence-electron chi connectivity index (χ3n) is 4.85. The minimum atomic E-state index is -0.224. The van der Waals surface area contributed by atoms with Crippen molar-refractivity contribution in [2.24, 2.45) is 0 Å². The van der Waals surface area contributed by atoms with E-state index in [1.165, 1.54) is 16.2 Å². The number of carbonyl (C=O) groups excluding carboxylic acids is 1. The number of para-hydroxylation sites is 2. The van der Waals surface area contributed by atoms with Gasteiger partial charge in [-0.05, 0) is 36.6 Å². The maximum absolute atomic E-state index is 12.4. The van der Waals surface area contributed by atoms with E-state index in [2.05, 4.69) is 34.5 Å². The lowest BCUT2D eigenvalue weighted by Gasteiger charge is -2.25. The van der Waals surface area contributed by atoms with Gasteiger partial charge in [0.15, 0.2) is 0 Å². The number of amides is 2. The van der Waals surface area contributed by atoms with Crippen molar-refractivity contribution in [2.45, 2.75) is 25.9 Å². The molecule has 5 heteroatoms. The maximum Gasteiger partial charge on any atom is 0.321 e. The summed E-state index contributed by atoms with van der Waals surface area (Å²) in [4.78, 5) is 16.3. The van der Waals surface area contributed by atoms with E-state index < -0.39 is 0 Å². The molecule has 0 saturated heterocycles. The summed E-state index contributed by atoms with van der Waals surface area (Å²) in [5.74, 6) is 0. The number of nitrogens with one attached hydrogen (secondary N) is 1. The van der Waals surface area contributed by atoms with E-state index in [0.717, 1.165) is 30.8 Å². The van der Waals surface area contributed by atoms with Gasteiger partial charge < -0.3 is 20.2 Å². The first kappa shape index (κ1) is 17.3. The number of nitrogens with zero attached hydrogens (tertiary/aromatic N) is 2. The van der Waals surface area contributed by atoms with Crippen molar-refractivity contribution in [3.63, 3.8) is 0 Å². The minimum absolute atomic E-state index is 0.0594. The number of hydrogen-bond donors (Lipinski definition) is 2. The standard InChI is InChI=1S/C20H25N3O2/c1-15(14-24)22(2)20(25)21-18-9-5-3-8-17(18)13-23-12-11-16-7-4-6-10-19(16)23/h3-10,15,24H,11-14H2,1-2H3,(H,21,25). The Morgan fingerprint density at radius 1 is 1.24 bits per heavy atom.